The van der Waals surface area contributed by atoms with E-state index >= 15 is 0 Å². The van der Waals surface area contributed by atoms with Crippen molar-refractivity contribution in [3.8, 4) is 0 Å². The van der Waals surface area contributed by atoms with Crippen molar-refractivity contribution < 1.29 is 14.6 Å². The molecular weight excluding hydrogens is 180 g/mol. The first-order chi connectivity index (χ1) is 6.72. The van der Waals surface area contributed by atoms with E-state index in [0.29, 0.717) is 5.41 Å². The largest absolute Gasteiger partial charge is 0.393 e. The van der Waals surface area contributed by atoms with E-state index in [1.54, 1.807) is 0 Å². The summed E-state index contributed by atoms with van der Waals surface area (Å²) < 4.78 is 11.4. The zero-order chi connectivity index (χ0) is 9.65. The third kappa shape index (κ3) is 1.30. The molecule has 0 aromatic heterocycles. The second-order valence-electron chi connectivity index (χ2n) is 5.17. The van der Waals surface area contributed by atoms with E-state index in [1.165, 1.54) is 12.8 Å². The van der Waals surface area contributed by atoms with E-state index in [1.807, 2.05) is 0 Å². The Kier molecular flexibility index (Phi) is 1.92. The molecular formula is C11H18O3. The van der Waals surface area contributed by atoms with Crippen molar-refractivity contribution in [2.45, 2.75) is 50.4 Å². The van der Waals surface area contributed by atoms with Crippen molar-refractivity contribution in [2.24, 2.45) is 5.41 Å². The topological polar surface area (TPSA) is 38.7 Å². The first-order valence-corrected chi connectivity index (χ1v) is 5.68. The highest BCUT2D eigenvalue weighted by Crippen LogP contribution is 2.55. The van der Waals surface area contributed by atoms with Crippen LogP contribution in [0, 0.1) is 5.41 Å². The molecule has 2 saturated carbocycles. The summed E-state index contributed by atoms with van der Waals surface area (Å²) in [5.74, 6) is -0.230. The molecule has 0 atom stereocenters. The average Bonchev–Trinajstić information content (AvgIpc) is 2.57. The van der Waals surface area contributed by atoms with Gasteiger partial charge in [-0.15, -0.1) is 0 Å². The second-order valence-corrected chi connectivity index (χ2v) is 5.17. The minimum Gasteiger partial charge on any atom is -0.393 e. The lowest BCUT2D eigenvalue weighted by Crippen LogP contribution is -2.48. The molecule has 1 saturated heterocycles. The van der Waals surface area contributed by atoms with Crippen LogP contribution in [-0.4, -0.2) is 30.2 Å². The standard InChI is InChI=1S/C11H18O3/c12-9-7-10(8-9)1-3-11(4-2-10)13-5-6-14-11/h9,12H,1-8H2. The third-order valence-corrected chi connectivity index (χ3v) is 4.22. The molecule has 0 unspecified atom stereocenters. The quantitative estimate of drug-likeness (QED) is 0.640. The molecule has 3 fully saturated rings. The van der Waals surface area contributed by atoms with Crippen molar-refractivity contribution in [3.63, 3.8) is 0 Å². The van der Waals surface area contributed by atoms with E-state index in [9.17, 15) is 5.11 Å². The number of rotatable bonds is 0. The van der Waals surface area contributed by atoms with Gasteiger partial charge >= 0.3 is 0 Å². The van der Waals surface area contributed by atoms with Crippen LogP contribution in [0.3, 0.4) is 0 Å². The monoisotopic (exact) mass is 198 g/mol. The Morgan fingerprint density at radius 2 is 1.50 bits per heavy atom. The fourth-order valence-corrected chi connectivity index (χ4v) is 3.30. The van der Waals surface area contributed by atoms with E-state index in [-0.39, 0.29) is 11.9 Å². The number of aliphatic hydroxyl groups is 1. The first-order valence-electron chi connectivity index (χ1n) is 5.68. The first kappa shape index (κ1) is 9.13. The molecule has 0 aromatic carbocycles. The molecule has 0 bridgehead atoms. The lowest BCUT2D eigenvalue weighted by molar-refractivity contribution is -0.207. The Morgan fingerprint density at radius 3 is 2.00 bits per heavy atom. The van der Waals surface area contributed by atoms with Gasteiger partial charge in [-0.3, -0.25) is 0 Å². The highest BCUT2D eigenvalue weighted by Gasteiger charge is 2.51. The molecule has 2 aliphatic carbocycles. The summed E-state index contributed by atoms with van der Waals surface area (Å²) in [6, 6.07) is 0. The molecule has 1 N–H and O–H groups in total. The minimum absolute atomic E-state index is 0.0329. The molecule has 3 nitrogen and oxygen atoms in total. The number of hydrogen-bond donors (Lipinski definition) is 1. The molecule has 0 aromatic rings. The molecule has 1 heterocycles. The van der Waals surface area contributed by atoms with Crippen LogP contribution in [0.4, 0.5) is 0 Å². The van der Waals surface area contributed by atoms with Crippen LogP contribution in [0.5, 0.6) is 0 Å². The van der Waals surface area contributed by atoms with E-state index in [4.69, 9.17) is 9.47 Å². The van der Waals surface area contributed by atoms with Gasteiger partial charge in [-0.25, -0.2) is 0 Å². The maximum Gasteiger partial charge on any atom is 0.168 e. The maximum atomic E-state index is 9.36. The van der Waals surface area contributed by atoms with Crippen LogP contribution in [-0.2, 0) is 9.47 Å². The van der Waals surface area contributed by atoms with Gasteiger partial charge < -0.3 is 14.6 Å². The van der Waals surface area contributed by atoms with Gasteiger partial charge in [0.05, 0.1) is 19.3 Å². The molecule has 3 aliphatic rings. The fourth-order valence-electron chi connectivity index (χ4n) is 3.30. The summed E-state index contributed by atoms with van der Waals surface area (Å²) in [5.41, 5.74) is 0.444. The van der Waals surface area contributed by atoms with Crippen LogP contribution >= 0.6 is 0 Å². The molecule has 0 amide bonds. The van der Waals surface area contributed by atoms with E-state index < -0.39 is 0 Å². The average molecular weight is 198 g/mol. The number of ether oxygens (including phenoxy) is 2. The van der Waals surface area contributed by atoms with Crippen LogP contribution in [0.15, 0.2) is 0 Å². The Morgan fingerprint density at radius 1 is 0.929 bits per heavy atom. The normalized spacial score (nSPS) is 34.9. The minimum atomic E-state index is -0.230. The number of hydrogen-bond acceptors (Lipinski definition) is 3. The smallest absolute Gasteiger partial charge is 0.168 e. The fraction of sp³-hybridized carbons (Fsp3) is 1.00. The van der Waals surface area contributed by atoms with Crippen molar-refractivity contribution in [3.05, 3.63) is 0 Å². The molecule has 3 heteroatoms. The maximum absolute atomic E-state index is 9.36. The lowest BCUT2D eigenvalue weighted by Gasteiger charge is -2.51. The predicted molar refractivity (Wildman–Crippen MR) is 50.8 cm³/mol. The van der Waals surface area contributed by atoms with Gasteiger partial charge in [0.1, 0.15) is 0 Å². The van der Waals surface area contributed by atoms with Crippen molar-refractivity contribution in [1.82, 2.24) is 0 Å². The van der Waals surface area contributed by atoms with Gasteiger partial charge in [-0.1, -0.05) is 0 Å². The zero-order valence-electron chi connectivity index (χ0n) is 8.50. The van der Waals surface area contributed by atoms with Gasteiger partial charge in [-0.05, 0) is 31.1 Å². The molecule has 1 aliphatic heterocycles. The highest BCUT2D eigenvalue weighted by atomic mass is 16.7. The van der Waals surface area contributed by atoms with Gasteiger partial charge in [0, 0.05) is 12.8 Å². The summed E-state index contributed by atoms with van der Waals surface area (Å²) in [6.45, 7) is 1.52. The van der Waals surface area contributed by atoms with E-state index in [2.05, 4.69) is 0 Å². The lowest BCUT2D eigenvalue weighted by atomic mass is 9.58. The van der Waals surface area contributed by atoms with E-state index in [0.717, 1.165) is 38.9 Å². The van der Waals surface area contributed by atoms with Crippen LogP contribution in [0.25, 0.3) is 0 Å². The highest BCUT2D eigenvalue weighted by molar-refractivity contribution is 4.99. The number of aliphatic hydroxyl groups excluding tert-OH is 1. The van der Waals surface area contributed by atoms with Gasteiger partial charge in [0.15, 0.2) is 5.79 Å². The van der Waals surface area contributed by atoms with Gasteiger partial charge in [-0.2, -0.15) is 0 Å². The summed E-state index contributed by atoms with van der Waals surface area (Å²) >= 11 is 0. The second kappa shape index (κ2) is 2.94. The van der Waals surface area contributed by atoms with Gasteiger partial charge in [0.2, 0.25) is 0 Å². The molecule has 14 heavy (non-hydrogen) atoms. The Balaban J connectivity index is 1.62. The molecule has 0 radical (unpaired) electrons. The third-order valence-electron chi connectivity index (χ3n) is 4.22. The van der Waals surface area contributed by atoms with Crippen LogP contribution in [0.2, 0.25) is 0 Å². The Labute approximate surface area is 84.4 Å². The molecule has 2 spiro atoms. The summed E-state index contributed by atoms with van der Waals surface area (Å²) in [7, 11) is 0. The van der Waals surface area contributed by atoms with Gasteiger partial charge in [0.25, 0.3) is 0 Å². The van der Waals surface area contributed by atoms with Crippen molar-refractivity contribution in [1.29, 1.82) is 0 Å². The van der Waals surface area contributed by atoms with Crippen molar-refractivity contribution >= 4 is 0 Å². The van der Waals surface area contributed by atoms with Crippen molar-refractivity contribution in [2.75, 3.05) is 13.2 Å². The van der Waals surface area contributed by atoms with Crippen LogP contribution in [0.1, 0.15) is 38.5 Å². The summed E-state index contributed by atoms with van der Waals surface area (Å²) in [6.07, 6.45) is 6.37. The molecule has 3 rings (SSSR count). The molecule has 80 valence electrons. The Hall–Kier alpha value is -0.120. The summed E-state index contributed by atoms with van der Waals surface area (Å²) in [4.78, 5) is 0. The Bertz CT molecular complexity index is 215. The zero-order valence-corrected chi connectivity index (χ0v) is 8.50. The van der Waals surface area contributed by atoms with Crippen LogP contribution < -0.4 is 0 Å². The SMILES string of the molecule is OC1CC2(CCC3(CC2)OCCO3)C1. The predicted octanol–water partition coefficient (Wildman–Crippen LogP) is 1.44. The summed E-state index contributed by atoms with van der Waals surface area (Å²) in [5, 5.41) is 9.36.